The van der Waals surface area contributed by atoms with Crippen LogP contribution in [-0.4, -0.2) is 34.7 Å². The second kappa shape index (κ2) is 9.95. The van der Waals surface area contributed by atoms with Gasteiger partial charge in [-0.15, -0.1) is 0 Å². The predicted molar refractivity (Wildman–Crippen MR) is 116 cm³/mol. The Balaban J connectivity index is 1.74. The normalized spacial score (nSPS) is 15.6. The summed E-state index contributed by atoms with van der Waals surface area (Å²) >= 11 is 7.44. The molecule has 5 heteroatoms. The first-order chi connectivity index (χ1) is 13.1. The van der Waals surface area contributed by atoms with Crippen molar-refractivity contribution in [2.75, 3.05) is 12.8 Å². The molecule has 1 fully saturated rings. The molecular weight excluding hydrogens is 376 g/mol. The molecule has 0 bridgehead atoms. The number of thioether (sulfide) groups is 1. The Labute approximate surface area is 170 Å². The number of aliphatic imine (C=N–C) groups is 1. The van der Waals surface area contributed by atoms with Gasteiger partial charge >= 0.3 is 0 Å². The lowest BCUT2D eigenvalue weighted by atomic mass is 9.95. The van der Waals surface area contributed by atoms with Crippen molar-refractivity contribution in [1.29, 1.82) is 0 Å². The summed E-state index contributed by atoms with van der Waals surface area (Å²) in [6, 6.07) is 17.5. The van der Waals surface area contributed by atoms with Gasteiger partial charge in [0.2, 0.25) is 0 Å². The number of Topliss-reactive ketones (excluding diaryl/α,β-unsaturated/α-hetero) is 1. The molecule has 27 heavy (non-hydrogen) atoms. The largest absolute Gasteiger partial charge is 0.351 e. The summed E-state index contributed by atoms with van der Waals surface area (Å²) in [5.74, 6) is 0.458. The number of carbonyl (C=O) groups is 1. The Morgan fingerprint density at radius 2 is 1.74 bits per heavy atom. The highest BCUT2D eigenvalue weighted by Gasteiger charge is 2.22. The maximum Gasteiger partial charge on any atom is 0.173 e. The van der Waals surface area contributed by atoms with E-state index in [1.54, 1.807) is 24.3 Å². The SMILES string of the molecule is CN(C(=Nc1ccccc1)SCC(=O)c1ccc(Cl)cc1)C1CCCCC1. The van der Waals surface area contributed by atoms with Gasteiger partial charge < -0.3 is 4.90 Å². The molecule has 2 aromatic carbocycles. The zero-order chi connectivity index (χ0) is 19.1. The van der Waals surface area contributed by atoms with E-state index in [4.69, 9.17) is 16.6 Å². The van der Waals surface area contributed by atoms with Crippen LogP contribution < -0.4 is 0 Å². The van der Waals surface area contributed by atoms with Crippen LogP contribution in [0.5, 0.6) is 0 Å². The number of nitrogens with zero attached hydrogens (tertiary/aromatic N) is 2. The zero-order valence-electron chi connectivity index (χ0n) is 15.6. The highest BCUT2D eigenvalue weighted by atomic mass is 35.5. The molecule has 0 amide bonds. The van der Waals surface area contributed by atoms with Gasteiger partial charge in [0, 0.05) is 23.7 Å². The first-order valence-corrected chi connectivity index (χ1v) is 10.8. The lowest BCUT2D eigenvalue weighted by Crippen LogP contribution is -2.37. The Morgan fingerprint density at radius 1 is 1.07 bits per heavy atom. The summed E-state index contributed by atoms with van der Waals surface area (Å²) in [6.07, 6.45) is 6.23. The Bertz CT molecular complexity index is 771. The maximum atomic E-state index is 12.6. The standard InChI is InChI=1S/C22H25ClN2OS/c1-25(20-10-6-3-7-11-20)22(24-19-8-4-2-5-9-19)27-16-21(26)17-12-14-18(23)15-13-17/h2,4-5,8-9,12-15,20H,3,6-7,10-11,16H2,1H3. The van der Waals surface area contributed by atoms with E-state index in [2.05, 4.69) is 11.9 Å². The molecule has 3 nitrogen and oxygen atoms in total. The number of para-hydroxylation sites is 1. The van der Waals surface area contributed by atoms with Crippen LogP contribution >= 0.6 is 23.4 Å². The second-order valence-electron chi connectivity index (χ2n) is 6.85. The molecule has 0 unspecified atom stereocenters. The lowest BCUT2D eigenvalue weighted by Gasteiger charge is -2.33. The fraction of sp³-hybridized carbons (Fsp3) is 0.364. The molecule has 0 radical (unpaired) electrons. The van der Waals surface area contributed by atoms with E-state index in [0.29, 0.717) is 22.4 Å². The molecule has 2 aromatic rings. The Kier molecular flexibility index (Phi) is 7.36. The van der Waals surface area contributed by atoms with Crippen LogP contribution in [0, 0.1) is 0 Å². The molecule has 0 aliphatic heterocycles. The minimum absolute atomic E-state index is 0.0921. The molecule has 1 saturated carbocycles. The van der Waals surface area contributed by atoms with Crippen molar-refractivity contribution in [3.63, 3.8) is 0 Å². The van der Waals surface area contributed by atoms with Crippen LogP contribution in [0.1, 0.15) is 42.5 Å². The van der Waals surface area contributed by atoms with Crippen molar-refractivity contribution < 1.29 is 4.79 Å². The van der Waals surface area contributed by atoms with Crippen molar-refractivity contribution in [1.82, 2.24) is 4.90 Å². The fourth-order valence-corrected chi connectivity index (χ4v) is 4.38. The quantitative estimate of drug-likeness (QED) is 0.340. The van der Waals surface area contributed by atoms with Gasteiger partial charge in [0.25, 0.3) is 0 Å². The number of halogens is 1. The average molecular weight is 401 g/mol. The number of ketones is 1. The summed E-state index contributed by atoms with van der Waals surface area (Å²) in [7, 11) is 2.11. The van der Waals surface area contributed by atoms with Crippen molar-refractivity contribution in [2.45, 2.75) is 38.1 Å². The summed E-state index contributed by atoms with van der Waals surface area (Å²) in [5.41, 5.74) is 1.60. The second-order valence-corrected chi connectivity index (χ2v) is 8.23. The van der Waals surface area contributed by atoms with Crippen LogP contribution in [0.25, 0.3) is 0 Å². The lowest BCUT2D eigenvalue weighted by molar-refractivity contribution is 0.102. The Hall–Kier alpha value is -1.78. The molecule has 0 saturated heterocycles. The van der Waals surface area contributed by atoms with Crippen molar-refractivity contribution >= 4 is 40.0 Å². The molecule has 142 valence electrons. The third kappa shape index (κ3) is 5.85. The van der Waals surface area contributed by atoms with Gasteiger partial charge in [0.15, 0.2) is 11.0 Å². The van der Waals surface area contributed by atoms with E-state index < -0.39 is 0 Å². The predicted octanol–water partition coefficient (Wildman–Crippen LogP) is 6.21. The number of rotatable bonds is 5. The van der Waals surface area contributed by atoms with E-state index in [-0.39, 0.29) is 5.78 Å². The summed E-state index contributed by atoms with van der Waals surface area (Å²) in [5, 5.41) is 1.55. The minimum atomic E-state index is 0.0921. The topological polar surface area (TPSA) is 32.7 Å². The van der Waals surface area contributed by atoms with Crippen LogP contribution in [0.3, 0.4) is 0 Å². The monoisotopic (exact) mass is 400 g/mol. The summed E-state index contributed by atoms with van der Waals surface area (Å²) < 4.78 is 0. The molecule has 1 aliphatic carbocycles. The molecule has 0 spiro atoms. The summed E-state index contributed by atoms with van der Waals surface area (Å²) in [6.45, 7) is 0. The van der Waals surface area contributed by atoms with E-state index >= 15 is 0 Å². The number of benzene rings is 2. The Morgan fingerprint density at radius 3 is 2.41 bits per heavy atom. The van der Waals surface area contributed by atoms with Gasteiger partial charge in [-0.25, -0.2) is 4.99 Å². The molecule has 0 atom stereocenters. The van der Waals surface area contributed by atoms with E-state index in [1.807, 2.05) is 30.3 Å². The highest BCUT2D eigenvalue weighted by molar-refractivity contribution is 8.14. The van der Waals surface area contributed by atoms with Crippen molar-refractivity contribution in [3.05, 3.63) is 65.2 Å². The summed E-state index contributed by atoms with van der Waals surface area (Å²) in [4.78, 5) is 19.7. The van der Waals surface area contributed by atoms with Gasteiger partial charge in [-0.1, -0.05) is 60.8 Å². The van der Waals surface area contributed by atoms with Crippen LogP contribution in [-0.2, 0) is 0 Å². The molecule has 0 aromatic heterocycles. The van der Waals surface area contributed by atoms with E-state index in [9.17, 15) is 4.79 Å². The molecule has 0 N–H and O–H groups in total. The van der Waals surface area contributed by atoms with Gasteiger partial charge in [-0.2, -0.15) is 0 Å². The highest BCUT2D eigenvalue weighted by Crippen LogP contribution is 2.26. The first-order valence-electron chi connectivity index (χ1n) is 9.41. The minimum Gasteiger partial charge on any atom is -0.351 e. The van der Waals surface area contributed by atoms with Crippen LogP contribution in [0.2, 0.25) is 5.02 Å². The van der Waals surface area contributed by atoms with E-state index in [1.165, 1.54) is 43.9 Å². The third-order valence-electron chi connectivity index (χ3n) is 4.90. The van der Waals surface area contributed by atoms with Gasteiger partial charge in [-0.05, 0) is 49.2 Å². The number of amidine groups is 1. The van der Waals surface area contributed by atoms with E-state index in [0.717, 1.165) is 10.9 Å². The van der Waals surface area contributed by atoms with Crippen molar-refractivity contribution in [2.24, 2.45) is 4.99 Å². The van der Waals surface area contributed by atoms with Gasteiger partial charge in [0.1, 0.15) is 0 Å². The van der Waals surface area contributed by atoms with Crippen LogP contribution in [0.4, 0.5) is 5.69 Å². The first kappa shape index (κ1) is 20.0. The zero-order valence-corrected chi connectivity index (χ0v) is 17.2. The maximum absolute atomic E-state index is 12.6. The fourth-order valence-electron chi connectivity index (χ4n) is 3.30. The van der Waals surface area contributed by atoms with Crippen molar-refractivity contribution in [3.8, 4) is 0 Å². The van der Waals surface area contributed by atoms with Crippen LogP contribution in [0.15, 0.2) is 59.6 Å². The van der Waals surface area contributed by atoms with Gasteiger partial charge in [-0.3, -0.25) is 4.79 Å². The molecule has 3 rings (SSSR count). The number of carbonyl (C=O) groups excluding carboxylic acids is 1. The number of hydrogen-bond donors (Lipinski definition) is 0. The molecule has 1 aliphatic rings. The molecule has 0 heterocycles. The third-order valence-corrected chi connectivity index (χ3v) is 6.20. The smallest absolute Gasteiger partial charge is 0.173 e. The average Bonchev–Trinajstić information content (AvgIpc) is 2.72. The number of hydrogen-bond acceptors (Lipinski definition) is 3. The van der Waals surface area contributed by atoms with Gasteiger partial charge in [0.05, 0.1) is 11.4 Å². The molecular formula is C22H25ClN2OS.